The van der Waals surface area contributed by atoms with Crippen LogP contribution in [0.1, 0.15) is 26.3 Å². The lowest BCUT2D eigenvalue weighted by Gasteiger charge is -2.17. The predicted octanol–water partition coefficient (Wildman–Crippen LogP) is 2.85. The molecule has 2 heteroatoms. The van der Waals surface area contributed by atoms with Gasteiger partial charge in [-0.25, -0.2) is 4.98 Å². The Balaban J connectivity index is 2.64. The number of nitrogens with one attached hydrogen (secondary N) is 1. The van der Waals surface area contributed by atoms with Crippen molar-refractivity contribution in [1.82, 2.24) is 4.98 Å². The fraction of sp³-hybridized carbons (Fsp3) is 0.545. The van der Waals surface area contributed by atoms with E-state index in [9.17, 15) is 0 Å². The largest absolute Gasteiger partial charge is 0.367 e. The van der Waals surface area contributed by atoms with E-state index in [-0.39, 0.29) is 0 Å². The normalized spacial score (nSPS) is 13.0. The van der Waals surface area contributed by atoms with Gasteiger partial charge in [0.2, 0.25) is 0 Å². The highest BCUT2D eigenvalue weighted by Crippen LogP contribution is 2.10. The first kappa shape index (κ1) is 10.0. The first-order chi connectivity index (χ1) is 6.09. The van der Waals surface area contributed by atoms with E-state index in [1.807, 2.05) is 12.3 Å². The maximum absolute atomic E-state index is 4.25. The molecule has 0 amide bonds. The molecule has 0 radical (unpaired) electrons. The molecule has 0 saturated carbocycles. The summed E-state index contributed by atoms with van der Waals surface area (Å²) in [6.45, 7) is 8.66. The number of nitrogens with zero attached hydrogens (tertiary/aromatic N) is 1. The Morgan fingerprint density at radius 2 is 2.00 bits per heavy atom. The first-order valence-electron chi connectivity index (χ1n) is 4.79. The summed E-state index contributed by atoms with van der Waals surface area (Å²) in [6.07, 6.45) is 1.84. The summed E-state index contributed by atoms with van der Waals surface area (Å²) in [5.74, 6) is 1.60. The maximum atomic E-state index is 4.25. The van der Waals surface area contributed by atoms with Crippen LogP contribution in [-0.2, 0) is 0 Å². The Labute approximate surface area is 80.4 Å². The number of aryl methyl sites for hydroxylation is 1. The Bertz CT molecular complexity index is 269. The van der Waals surface area contributed by atoms with Crippen molar-refractivity contribution in [3.63, 3.8) is 0 Å². The second-order valence-electron chi connectivity index (χ2n) is 3.90. The van der Waals surface area contributed by atoms with Crippen LogP contribution < -0.4 is 5.32 Å². The molecule has 1 heterocycles. The van der Waals surface area contributed by atoms with E-state index in [4.69, 9.17) is 0 Å². The van der Waals surface area contributed by atoms with E-state index in [0.29, 0.717) is 12.0 Å². The van der Waals surface area contributed by atoms with E-state index in [1.165, 1.54) is 5.56 Å². The lowest BCUT2D eigenvalue weighted by atomic mass is 10.1. The van der Waals surface area contributed by atoms with Gasteiger partial charge in [-0.2, -0.15) is 0 Å². The molecule has 0 aliphatic rings. The molecule has 72 valence electrons. The Morgan fingerprint density at radius 1 is 1.31 bits per heavy atom. The molecule has 0 fully saturated rings. The number of anilines is 1. The number of hydrogen-bond acceptors (Lipinski definition) is 2. The van der Waals surface area contributed by atoms with Gasteiger partial charge in [0.15, 0.2) is 0 Å². The summed E-state index contributed by atoms with van der Waals surface area (Å²) < 4.78 is 0. The van der Waals surface area contributed by atoms with Crippen LogP contribution in [0.5, 0.6) is 0 Å². The van der Waals surface area contributed by atoms with Crippen molar-refractivity contribution in [3.8, 4) is 0 Å². The van der Waals surface area contributed by atoms with Crippen LogP contribution in [0.3, 0.4) is 0 Å². The standard InChI is InChI=1S/C11H18N2/c1-8(2)10(4)13-11-7-9(3)5-6-12-11/h5-8,10H,1-4H3,(H,12,13). The van der Waals surface area contributed by atoms with Crippen molar-refractivity contribution in [2.45, 2.75) is 33.7 Å². The van der Waals surface area contributed by atoms with Crippen molar-refractivity contribution in [1.29, 1.82) is 0 Å². The molecule has 1 atom stereocenters. The average molecular weight is 178 g/mol. The lowest BCUT2D eigenvalue weighted by Crippen LogP contribution is -2.21. The van der Waals surface area contributed by atoms with E-state index in [0.717, 1.165) is 5.82 Å². The molecule has 1 N–H and O–H groups in total. The Hall–Kier alpha value is -1.05. The molecule has 0 aliphatic carbocycles. The van der Waals surface area contributed by atoms with E-state index in [2.05, 4.69) is 44.1 Å². The number of pyridine rings is 1. The number of rotatable bonds is 3. The molecule has 1 rings (SSSR count). The zero-order valence-electron chi connectivity index (χ0n) is 8.83. The summed E-state index contributed by atoms with van der Waals surface area (Å²) in [5.41, 5.74) is 1.24. The number of aromatic nitrogens is 1. The second-order valence-corrected chi connectivity index (χ2v) is 3.90. The molecule has 0 saturated heterocycles. The van der Waals surface area contributed by atoms with Gasteiger partial charge in [0.1, 0.15) is 5.82 Å². The van der Waals surface area contributed by atoms with Crippen LogP contribution in [0.4, 0.5) is 5.82 Å². The molecule has 0 aromatic carbocycles. The molecular weight excluding hydrogens is 160 g/mol. The minimum absolute atomic E-state index is 0.467. The minimum Gasteiger partial charge on any atom is -0.367 e. The highest BCUT2D eigenvalue weighted by Gasteiger charge is 2.06. The highest BCUT2D eigenvalue weighted by atomic mass is 15.0. The van der Waals surface area contributed by atoms with Gasteiger partial charge in [-0.15, -0.1) is 0 Å². The summed E-state index contributed by atoms with van der Waals surface area (Å²) >= 11 is 0. The molecule has 2 nitrogen and oxygen atoms in total. The maximum Gasteiger partial charge on any atom is 0.126 e. The minimum atomic E-state index is 0.467. The van der Waals surface area contributed by atoms with Crippen molar-refractivity contribution >= 4 is 5.82 Å². The van der Waals surface area contributed by atoms with Gasteiger partial charge in [-0.3, -0.25) is 0 Å². The van der Waals surface area contributed by atoms with Crippen LogP contribution in [0.2, 0.25) is 0 Å². The Kier molecular flexibility index (Phi) is 3.29. The fourth-order valence-corrected chi connectivity index (χ4v) is 1.02. The van der Waals surface area contributed by atoms with Crippen LogP contribution in [0.15, 0.2) is 18.3 Å². The van der Waals surface area contributed by atoms with Gasteiger partial charge >= 0.3 is 0 Å². The quantitative estimate of drug-likeness (QED) is 0.769. The van der Waals surface area contributed by atoms with Gasteiger partial charge < -0.3 is 5.32 Å². The van der Waals surface area contributed by atoms with Gasteiger partial charge in [0.25, 0.3) is 0 Å². The molecular formula is C11H18N2. The first-order valence-corrected chi connectivity index (χ1v) is 4.79. The molecule has 0 bridgehead atoms. The fourth-order valence-electron chi connectivity index (χ4n) is 1.02. The van der Waals surface area contributed by atoms with Gasteiger partial charge in [0, 0.05) is 12.2 Å². The van der Waals surface area contributed by atoms with E-state index in [1.54, 1.807) is 0 Å². The molecule has 1 unspecified atom stereocenters. The molecule has 1 aromatic rings. The summed E-state index contributed by atoms with van der Waals surface area (Å²) in [7, 11) is 0. The summed E-state index contributed by atoms with van der Waals surface area (Å²) in [6, 6.07) is 4.54. The lowest BCUT2D eigenvalue weighted by molar-refractivity contribution is 0.558. The van der Waals surface area contributed by atoms with Crippen LogP contribution in [0, 0.1) is 12.8 Å². The highest BCUT2D eigenvalue weighted by molar-refractivity contribution is 5.37. The van der Waals surface area contributed by atoms with E-state index >= 15 is 0 Å². The smallest absolute Gasteiger partial charge is 0.126 e. The Morgan fingerprint density at radius 3 is 2.54 bits per heavy atom. The average Bonchev–Trinajstić information content (AvgIpc) is 2.04. The summed E-state index contributed by atoms with van der Waals surface area (Å²) in [4.78, 5) is 4.25. The molecule has 1 aromatic heterocycles. The monoisotopic (exact) mass is 178 g/mol. The molecule has 13 heavy (non-hydrogen) atoms. The molecule has 0 spiro atoms. The second kappa shape index (κ2) is 4.26. The zero-order valence-corrected chi connectivity index (χ0v) is 8.83. The number of hydrogen-bond donors (Lipinski definition) is 1. The van der Waals surface area contributed by atoms with E-state index < -0.39 is 0 Å². The third kappa shape index (κ3) is 3.05. The predicted molar refractivity (Wildman–Crippen MR) is 56.9 cm³/mol. The zero-order chi connectivity index (χ0) is 9.84. The van der Waals surface area contributed by atoms with Crippen LogP contribution in [-0.4, -0.2) is 11.0 Å². The van der Waals surface area contributed by atoms with Gasteiger partial charge in [0.05, 0.1) is 0 Å². The van der Waals surface area contributed by atoms with Gasteiger partial charge in [-0.05, 0) is 37.5 Å². The van der Waals surface area contributed by atoms with Crippen molar-refractivity contribution in [2.24, 2.45) is 5.92 Å². The third-order valence-corrected chi connectivity index (χ3v) is 2.29. The summed E-state index contributed by atoms with van der Waals surface area (Å²) in [5, 5.41) is 3.37. The van der Waals surface area contributed by atoms with Crippen LogP contribution >= 0.6 is 0 Å². The SMILES string of the molecule is Cc1ccnc(NC(C)C(C)C)c1. The van der Waals surface area contributed by atoms with Crippen molar-refractivity contribution < 1.29 is 0 Å². The van der Waals surface area contributed by atoms with Crippen molar-refractivity contribution in [2.75, 3.05) is 5.32 Å². The third-order valence-electron chi connectivity index (χ3n) is 2.29. The topological polar surface area (TPSA) is 24.9 Å². The van der Waals surface area contributed by atoms with Gasteiger partial charge in [-0.1, -0.05) is 13.8 Å². The molecule has 0 aliphatic heterocycles. The van der Waals surface area contributed by atoms with Crippen LogP contribution in [0.25, 0.3) is 0 Å². The van der Waals surface area contributed by atoms with Crippen molar-refractivity contribution in [3.05, 3.63) is 23.9 Å².